The normalized spacial score (nSPS) is 24.6. The van der Waals surface area contributed by atoms with E-state index in [0.29, 0.717) is 16.8 Å². The maximum absolute atomic E-state index is 14.6. The fourth-order valence-electron chi connectivity index (χ4n) is 6.63. The Morgan fingerprint density at radius 2 is 1.86 bits per heavy atom. The number of nitriles is 1. The molecule has 12 nitrogen and oxygen atoms in total. The third-order valence-electron chi connectivity index (χ3n) is 9.24. The molecule has 1 saturated carbocycles. The average Bonchev–Trinajstić information content (AvgIpc) is 3.64. The molecule has 3 amide bonds. The average molecular weight is 771 g/mol. The summed E-state index contributed by atoms with van der Waals surface area (Å²) in [5, 5.41) is 21.8. The van der Waals surface area contributed by atoms with E-state index in [2.05, 4.69) is 26.2 Å². The first-order valence-electron chi connectivity index (χ1n) is 14.9. The SMILES string of the molecule is C[C@@H](NC(=O)C1(C(N)=O)CC1N1C=C(C(=O)O)N2C1N(c1cc(Cl)c(F)c(Cl)c1)C(=O)[C@@]2(C)Cc1ccc(C#N)cc1)c1ccc(Br)cn1. The monoisotopic (exact) mass is 769 g/mol. The molecule has 0 radical (unpaired) electrons. The number of nitrogens with one attached hydrogen (secondary N) is 1. The Kier molecular flexibility index (Phi) is 8.59. The van der Waals surface area contributed by atoms with Gasteiger partial charge in [-0.05, 0) is 78.2 Å². The number of carbonyl (C=O) groups is 4. The van der Waals surface area contributed by atoms with E-state index < -0.39 is 58.8 Å². The number of carboxylic acids is 1. The van der Waals surface area contributed by atoms with Gasteiger partial charge < -0.3 is 26.0 Å². The highest BCUT2D eigenvalue weighted by Gasteiger charge is 2.72. The van der Waals surface area contributed by atoms with Crippen LogP contribution in [0.5, 0.6) is 0 Å². The molecular weight excluding hydrogens is 744 g/mol. The van der Waals surface area contributed by atoms with Crippen molar-refractivity contribution < 1.29 is 28.7 Å². The molecule has 1 aromatic heterocycles. The third kappa shape index (κ3) is 5.55. The van der Waals surface area contributed by atoms with Crippen molar-refractivity contribution in [3.05, 3.63) is 104 Å². The van der Waals surface area contributed by atoms with Gasteiger partial charge in [0.05, 0.1) is 45.1 Å². The van der Waals surface area contributed by atoms with Crippen molar-refractivity contribution in [1.29, 1.82) is 5.26 Å². The Hall–Kier alpha value is -4.71. The molecule has 3 aromatic rings. The number of halogens is 4. The van der Waals surface area contributed by atoms with Crippen molar-refractivity contribution in [3.63, 3.8) is 0 Å². The van der Waals surface area contributed by atoms with E-state index in [0.717, 1.165) is 4.47 Å². The van der Waals surface area contributed by atoms with Crippen molar-refractivity contribution in [2.24, 2.45) is 11.1 Å². The lowest BCUT2D eigenvalue weighted by Gasteiger charge is -2.37. The minimum absolute atomic E-state index is 0.0184. The topological polar surface area (TPSA) is 173 Å². The molecular formula is C33H27BrCl2FN7O5. The second kappa shape index (κ2) is 12.3. The van der Waals surface area contributed by atoms with E-state index in [1.165, 1.54) is 33.0 Å². The standard InChI is InChI=1S/C33H27BrCl2FN7O5/c1-16(23-8-7-19(34)14-40-23)41-29(48)33(28(39)47)12-25(33)42-15-24(27(45)46)44-31(42)43(20-9-21(35)26(37)22(36)10-20)30(49)32(44,2)11-17-3-5-18(13-38)6-4-17/h3-10,14-16,25,31H,11-12H2,1-2H3,(H2,39,47)(H,41,48)(H,45,46)/t16-,25?,31?,32-,33?/m1/s1. The summed E-state index contributed by atoms with van der Waals surface area (Å²) >= 11 is 15.6. The zero-order chi connectivity index (χ0) is 35.6. The van der Waals surface area contributed by atoms with Gasteiger partial charge in [-0.2, -0.15) is 5.26 Å². The van der Waals surface area contributed by atoms with Gasteiger partial charge in [0.15, 0.2) is 12.1 Å². The van der Waals surface area contributed by atoms with Crippen LogP contribution in [-0.2, 0) is 25.6 Å². The number of anilines is 1. The number of benzene rings is 2. The summed E-state index contributed by atoms with van der Waals surface area (Å²) in [5.41, 5.74) is 3.77. The number of nitrogens with zero attached hydrogens (tertiary/aromatic N) is 5. The van der Waals surface area contributed by atoms with Gasteiger partial charge in [0, 0.05) is 23.3 Å². The predicted molar refractivity (Wildman–Crippen MR) is 179 cm³/mol. The van der Waals surface area contributed by atoms with Crippen molar-refractivity contribution in [3.8, 4) is 6.07 Å². The molecule has 2 aliphatic heterocycles. The van der Waals surface area contributed by atoms with Gasteiger partial charge in [-0.25, -0.2) is 9.18 Å². The number of hydrogen-bond acceptors (Lipinski definition) is 8. The number of rotatable bonds is 9. The molecule has 3 heterocycles. The summed E-state index contributed by atoms with van der Waals surface area (Å²) in [6, 6.07) is 12.7. The minimum atomic E-state index is -1.81. The smallest absolute Gasteiger partial charge is 0.353 e. The number of nitrogens with two attached hydrogens (primary N) is 1. The lowest BCUT2D eigenvalue weighted by Crippen LogP contribution is -2.53. The zero-order valence-corrected chi connectivity index (χ0v) is 28.9. The molecule has 2 aromatic carbocycles. The number of fused-ring (bicyclic) bond motifs is 1. The number of carboxylic acid groups (broad SMARTS) is 1. The number of primary amides is 1. The summed E-state index contributed by atoms with van der Waals surface area (Å²) in [6.45, 7) is 3.25. The molecule has 5 atom stereocenters. The molecule has 3 aliphatic rings. The lowest BCUT2D eigenvalue weighted by atomic mass is 9.90. The van der Waals surface area contributed by atoms with Crippen molar-refractivity contribution in [1.82, 2.24) is 20.1 Å². The maximum Gasteiger partial charge on any atom is 0.353 e. The van der Waals surface area contributed by atoms with Crippen LogP contribution in [0.3, 0.4) is 0 Å². The Morgan fingerprint density at radius 1 is 1.20 bits per heavy atom. The number of aliphatic carboxylic acids is 1. The molecule has 1 saturated heterocycles. The lowest BCUT2D eigenvalue weighted by molar-refractivity contribution is -0.138. The highest BCUT2D eigenvalue weighted by atomic mass is 79.9. The van der Waals surface area contributed by atoms with Gasteiger partial charge in [-0.1, -0.05) is 35.3 Å². The first-order valence-corrected chi connectivity index (χ1v) is 16.4. The van der Waals surface area contributed by atoms with Crippen LogP contribution in [0.1, 0.15) is 43.1 Å². The Morgan fingerprint density at radius 3 is 2.41 bits per heavy atom. The van der Waals surface area contributed by atoms with Crippen molar-refractivity contribution in [2.45, 2.75) is 50.6 Å². The van der Waals surface area contributed by atoms with Crippen LogP contribution >= 0.6 is 39.1 Å². The van der Waals surface area contributed by atoms with Gasteiger partial charge in [-0.15, -0.1) is 0 Å². The zero-order valence-electron chi connectivity index (χ0n) is 25.8. The van der Waals surface area contributed by atoms with E-state index in [1.54, 1.807) is 56.4 Å². The summed E-state index contributed by atoms with van der Waals surface area (Å²) in [4.78, 5) is 62.8. The van der Waals surface area contributed by atoms with Crippen LogP contribution in [0.15, 0.2) is 71.1 Å². The van der Waals surface area contributed by atoms with Crippen LogP contribution < -0.4 is 16.0 Å². The van der Waals surface area contributed by atoms with Crippen molar-refractivity contribution in [2.75, 3.05) is 4.90 Å². The molecule has 49 heavy (non-hydrogen) atoms. The molecule has 0 spiro atoms. The van der Waals surface area contributed by atoms with E-state index in [-0.39, 0.29) is 34.3 Å². The van der Waals surface area contributed by atoms with Gasteiger partial charge in [0.25, 0.3) is 5.91 Å². The van der Waals surface area contributed by atoms with Gasteiger partial charge >= 0.3 is 5.97 Å². The summed E-state index contributed by atoms with van der Waals surface area (Å²) in [5.74, 6) is -4.53. The predicted octanol–water partition coefficient (Wildman–Crippen LogP) is 4.46. The second-order valence-electron chi connectivity index (χ2n) is 12.3. The van der Waals surface area contributed by atoms with Gasteiger partial charge in [0.1, 0.15) is 16.7 Å². The Balaban J connectivity index is 1.43. The highest BCUT2D eigenvalue weighted by molar-refractivity contribution is 9.10. The molecule has 2 fully saturated rings. The first-order chi connectivity index (χ1) is 23.1. The summed E-state index contributed by atoms with van der Waals surface area (Å²) in [7, 11) is 0. The number of hydrogen-bond donors (Lipinski definition) is 3. The largest absolute Gasteiger partial charge is 0.477 e. The number of aromatic nitrogens is 1. The summed E-state index contributed by atoms with van der Waals surface area (Å²) < 4.78 is 15.3. The highest BCUT2D eigenvalue weighted by Crippen LogP contribution is 2.56. The second-order valence-corrected chi connectivity index (χ2v) is 14.0. The number of pyridine rings is 1. The van der Waals surface area contributed by atoms with Crippen LogP contribution in [0, 0.1) is 22.6 Å². The molecule has 1 aliphatic carbocycles. The molecule has 16 heteroatoms. The van der Waals surface area contributed by atoms with E-state index in [9.17, 15) is 33.9 Å². The van der Waals surface area contributed by atoms with Gasteiger partial charge in [0.2, 0.25) is 11.8 Å². The minimum Gasteiger partial charge on any atom is -0.477 e. The molecule has 6 rings (SSSR count). The summed E-state index contributed by atoms with van der Waals surface area (Å²) in [6.07, 6.45) is 1.47. The van der Waals surface area contributed by atoms with E-state index >= 15 is 0 Å². The molecule has 4 N–H and O–H groups in total. The van der Waals surface area contributed by atoms with Crippen LogP contribution in [0.25, 0.3) is 0 Å². The van der Waals surface area contributed by atoms with Crippen LogP contribution in [-0.4, -0.2) is 61.5 Å². The first kappa shape index (κ1) is 34.2. The quantitative estimate of drug-likeness (QED) is 0.210. The fraction of sp³-hybridized carbons (Fsp3) is 0.273. The molecule has 252 valence electrons. The van der Waals surface area contributed by atoms with E-state index in [1.807, 2.05) is 6.07 Å². The van der Waals surface area contributed by atoms with Crippen molar-refractivity contribution >= 4 is 68.5 Å². The Bertz CT molecular complexity index is 1970. The van der Waals surface area contributed by atoms with Crippen LogP contribution in [0.4, 0.5) is 10.1 Å². The molecule has 3 unspecified atom stereocenters. The number of carbonyl (C=O) groups excluding carboxylic acids is 3. The van der Waals surface area contributed by atoms with Crippen LogP contribution in [0.2, 0.25) is 10.0 Å². The van der Waals surface area contributed by atoms with E-state index in [4.69, 9.17) is 28.9 Å². The molecule has 0 bridgehead atoms. The maximum atomic E-state index is 14.6. The number of amides is 3. The van der Waals surface area contributed by atoms with Gasteiger partial charge in [-0.3, -0.25) is 24.3 Å². The third-order valence-corrected chi connectivity index (χ3v) is 10.3. The fourth-order valence-corrected chi connectivity index (χ4v) is 7.34. The Labute approximate surface area is 298 Å².